The SMILES string of the molecule is Cc1ccn(-c2cc(Cl)ccc2C(Oc2cc(N3CCC4(CC3)CC(C(=O)O)N(C(=O)OCc3ccccc3)C4)nc(S(C)(=O)=O)n2)C(F)(F)F)n1. The van der Waals surface area contributed by atoms with E-state index in [1.165, 1.54) is 27.9 Å². The van der Waals surface area contributed by atoms with Gasteiger partial charge < -0.3 is 19.5 Å². The minimum Gasteiger partial charge on any atom is -0.480 e. The van der Waals surface area contributed by atoms with Gasteiger partial charge in [-0.15, -0.1) is 0 Å². The highest BCUT2D eigenvalue weighted by molar-refractivity contribution is 7.90. The summed E-state index contributed by atoms with van der Waals surface area (Å²) in [5.41, 5.74) is 0.339. The fourth-order valence-electron chi connectivity index (χ4n) is 6.54. The van der Waals surface area contributed by atoms with Crippen LogP contribution in [0.2, 0.25) is 5.02 Å². The molecule has 2 aromatic heterocycles. The molecule has 52 heavy (non-hydrogen) atoms. The summed E-state index contributed by atoms with van der Waals surface area (Å²) in [4.78, 5) is 36.2. The van der Waals surface area contributed by atoms with Crippen molar-refractivity contribution in [1.82, 2.24) is 24.6 Å². The summed E-state index contributed by atoms with van der Waals surface area (Å²) in [7, 11) is -4.12. The van der Waals surface area contributed by atoms with Crippen LogP contribution in [0.4, 0.5) is 23.8 Å². The van der Waals surface area contributed by atoms with Crippen LogP contribution in [0.5, 0.6) is 5.88 Å². The standard InChI is InChI=1S/C34H34ClF3N6O7S/c1-21-10-13-44(41-21)25-16-23(35)8-9-24(25)29(34(36,37)38)51-28-17-27(39-31(40-28)52(2,48)49)42-14-11-33(12-15-42)18-26(30(45)46)43(20-33)32(47)50-19-22-6-4-3-5-7-22/h3-10,13,16-17,26,29H,11-12,14-15,18-20H2,1-2H3,(H,45,46). The Morgan fingerprint density at radius 2 is 1.79 bits per heavy atom. The summed E-state index contributed by atoms with van der Waals surface area (Å²) in [5.74, 6) is -1.80. The fraction of sp³-hybridized carbons (Fsp3) is 0.382. The number of rotatable bonds is 9. The molecule has 2 saturated heterocycles. The number of alkyl halides is 3. The van der Waals surface area contributed by atoms with Gasteiger partial charge >= 0.3 is 18.2 Å². The molecule has 13 nitrogen and oxygen atoms in total. The second-order valence-corrected chi connectivity index (χ2v) is 15.3. The number of aromatic nitrogens is 4. The van der Waals surface area contributed by atoms with Gasteiger partial charge in [-0.1, -0.05) is 48.0 Å². The van der Waals surface area contributed by atoms with Gasteiger partial charge in [0.05, 0.1) is 11.4 Å². The second-order valence-electron chi connectivity index (χ2n) is 13.0. The van der Waals surface area contributed by atoms with Crippen LogP contribution < -0.4 is 9.64 Å². The molecule has 18 heteroatoms. The van der Waals surface area contributed by atoms with Crippen molar-refractivity contribution in [3.8, 4) is 11.6 Å². The van der Waals surface area contributed by atoms with Crippen LogP contribution in [-0.2, 0) is 26.0 Å². The normalized spacial score (nSPS) is 18.0. The molecule has 6 rings (SSSR count). The van der Waals surface area contributed by atoms with Gasteiger partial charge in [0.2, 0.25) is 21.8 Å². The van der Waals surface area contributed by atoms with Crippen LogP contribution in [0.1, 0.15) is 42.2 Å². The van der Waals surface area contributed by atoms with Crippen molar-refractivity contribution >= 4 is 39.3 Å². The number of nitrogens with zero attached hydrogens (tertiary/aromatic N) is 6. The third-order valence-corrected chi connectivity index (χ3v) is 10.2. The van der Waals surface area contributed by atoms with E-state index in [9.17, 15) is 36.3 Å². The molecule has 0 saturated carbocycles. The molecule has 2 atom stereocenters. The van der Waals surface area contributed by atoms with Crippen molar-refractivity contribution < 1.29 is 45.8 Å². The van der Waals surface area contributed by atoms with E-state index >= 15 is 0 Å². The molecule has 276 valence electrons. The summed E-state index contributed by atoms with van der Waals surface area (Å²) in [6, 6.07) is 14.3. The molecule has 2 aliphatic rings. The summed E-state index contributed by atoms with van der Waals surface area (Å²) in [6.45, 7) is 2.21. The van der Waals surface area contributed by atoms with Crippen molar-refractivity contribution in [1.29, 1.82) is 0 Å². The third kappa shape index (κ3) is 8.09. The number of sulfone groups is 1. The summed E-state index contributed by atoms with van der Waals surface area (Å²) in [6.07, 6.45) is -5.14. The number of hydrogen-bond acceptors (Lipinski definition) is 10. The van der Waals surface area contributed by atoms with Crippen LogP contribution in [-0.4, -0.2) is 88.3 Å². The minimum atomic E-state index is -4.99. The summed E-state index contributed by atoms with van der Waals surface area (Å²) >= 11 is 6.15. The van der Waals surface area contributed by atoms with Crippen molar-refractivity contribution in [2.24, 2.45) is 5.41 Å². The first-order valence-corrected chi connectivity index (χ1v) is 18.4. The van der Waals surface area contributed by atoms with Crippen LogP contribution in [0, 0.1) is 12.3 Å². The minimum absolute atomic E-state index is 0.00362. The molecule has 0 aliphatic carbocycles. The smallest absolute Gasteiger partial charge is 0.429 e. The van der Waals surface area contributed by atoms with Gasteiger partial charge in [0.15, 0.2) is 0 Å². The van der Waals surface area contributed by atoms with E-state index in [1.54, 1.807) is 42.2 Å². The predicted octanol–water partition coefficient (Wildman–Crippen LogP) is 5.79. The maximum absolute atomic E-state index is 14.7. The Kier molecular flexibility index (Phi) is 10.1. The van der Waals surface area contributed by atoms with Gasteiger partial charge in [-0.05, 0) is 55.4 Å². The molecule has 1 spiro atoms. The maximum atomic E-state index is 14.7. The molecular formula is C34H34ClF3N6O7S. The van der Waals surface area contributed by atoms with Crippen molar-refractivity contribution in [2.45, 2.75) is 56.3 Å². The quantitative estimate of drug-likeness (QED) is 0.206. The van der Waals surface area contributed by atoms with Gasteiger partial charge in [0.25, 0.3) is 5.16 Å². The van der Waals surface area contributed by atoms with Gasteiger partial charge in [0.1, 0.15) is 18.5 Å². The Labute approximate surface area is 301 Å². The average molecular weight is 763 g/mol. The first-order valence-electron chi connectivity index (χ1n) is 16.1. The zero-order valence-electron chi connectivity index (χ0n) is 28.0. The zero-order chi connectivity index (χ0) is 37.4. The van der Waals surface area contributed by atoms with E-state index in [0.29, 0.717) is 18.5 Å². The topological polar surface area (TPSA) is 157 Å². The van der Waals surface area contributed by atoms with Crippen molar-refractivity contribution in [3.63, 3.8) is 0 Å². The van der Waals surface area contributed by atoms with E-state index in [1.807, 2.05) is 6.07 Å². The molecule has 4 heterocycles. The Morgan fingerprint density at radius 1 is 1.08 bits per heavy atom. The molecule has 0 radical (unpaired) electrons. The monoisotopic (exact) mass is 762 g/mol. The number of benzene rings is 2. The predicted molar refractivity (Wildman–Crippen MR) is 181 cm³/mol. The molecule has 2 unspecified atom stereocenters. The van der Waals surface area contributed by atoms with Gasteiger partial charge in [0, 0.05) is 48.7 Å². The third-order valence-electron chi connectivity index (χ3n) is 9.16. The lowest BCUT2D eigenvalue weighted by Gasteiger charge is -2.39. The molecule has 1 amide bonds. The Balaban J connectivity index is 1.24. The Hall–Kier alpha value is -4.90. The second kappa shape index (κ2) is 14.3. The Bertz CT molecular complexity index is 2070. The average Bonchev–Trinajstić information content (AvgIpc) is 3.70. The molecule has 2 aliphatic heterocycles. The summed E-state index contributed by atoms with van der Waals surface area (Å²) in [5, 5.41) is 13.6. The first kappa shape index (κ1) is 36.9. The highest BCUT2D eigenvalue weighted by Gasteiger charge is 2.51. The van der Waals surface area contributed by atoms with Crippen molar-refractivity contribution in [3.05, 3.63) is 88.7 Å². The molecule has 0 bridgehead atoms. The lowest BCUT2D eigenvalue weighted by molar-refractivity contribution is -0.198. The number of amides is 1. The lowest BCUT2D eigenvalue weighted by Crippen LogP contribution is -2.43. The fourth-order valence-corrected chi connectivity index (χ4v) is 7.22. The number of ether oxygens (including phenoxy) is 2. The number of carbonyl (C=O) groups excluding carboxylic acids is 1. The van der Waals surface area contributed by atoms with E-state index in [0.717, 1.165) is 24.0 Å². The molecule has 4 aromatic rings. The number of carbonyl (C=O) groups is 2. The van der Waals surface area contributed by atoms with E-state index < -0.39 is 56.7 Å². The van der Waals surface area contributed by atoms with Gasteiger partial charge in [-0.2, -0.15) is 23.3 Å². The number of likely N-dealkylation sites (tertiary alicyclic amines) is 1. The number of hydrogen-bond donors (Lipinski definition) is 1. The number of carboxylic acid groups (broad SMARTS) is 1. The first-order chi connectivity index (χ1) is 24.5. The summed E-state index contributed by atoms with van der Waals surface area (Å²) < 4.78 is 81.6. The molecular weight excluding hydrogens is 729 g/mol. The van der Waals surface area contributed by atoms with E-state index in [4.69, 9.17) is 21.1 Å². The Morgan fingerprint density at radius 3 is 2.40 bits per heavy atom. The molecule has 1 N–H and O–H groups in total. The number of piperidine rings is 1. The molecule has 2 aromatic carbocycles. The van der Waals surface area contributed by atoms with Crippen LogP contribution in [0.25, 0.3) is 5.69 Å². The zero-order valence-corrected chi connectivity index (χ0v) is 29.5. The van der Waals surface area contributed by atoms with Gasteiger partial charge in [-0.3, -0.25) is 4.90 Å². The van der Waals surface area contributed by atoms with E-state index in [2.05, 4.69) is 15.1 Å². The largest absolute Gasteiger partial charge is 0.480 e. The highest BCUT2D eigenvalue weighted by atomic mass is 35.5. The number of halogens is 4. The lowest BCUT2D eigenvalue weighted by atomic mass is 9.76. The number of anilines is 1. The van der Waals surface area contributed by atoms with Crippen molar-refractivity contribution in [2.75, 3.05) is 30.8 Å². The number of aliphatic carboxylic acids is 1. The van der Waals surface area contributed by atoms with Crippen LogP contribution >= 0.6 is 11.6 Å². The van der Waals surface area contributed by atoms with E-state index in [-0.39, 0.29) is 54.8 Å². The highest BCUT2D eigenvalue weighted by Crippen LogP contribution is 2.45. The maximum Gasteiger partial charge on any atom is 0.429 e. The number of carboxylic acids is 1. The van der Waals surface area contributed by atoms with Gasteiger partial charge in [-0.25, -0.2) is 27.7 Å². The molecule has 2 fully saturated rings. The number of aryl methyl sites for hydroxylation is 1. The van der Waals surface area contributed by atoms with Crippen LogP contribution in [0.3, 0.4) is 0 Å². The van der Waals surface area contributed by atoms with Crippen LogP contribution in [0.15, 0.2) is 72.0 Å².